The van der Waals surface area contributed by atoms with Crippen LogP contribution in [0.4, 0.5) is 0 Å². The Bertz CT molecular complexity index is 3900. The quantitative estimate of drug-likeness (QED) is 0.146. The minimum Gasteiger partial charge on any atom is -0.134 e. The average Bonchev–Trinajstić information content (AvgIpc) is 3.78. The van der Waals surface area contributed by atoms with Crippen LogP contribution < -0.4 is 0 Å². The Morgan fingerprint density at radius 3 is 1.14 bits per heavy atom. The molecule has 0 aliphatic rings. The molecule has 1 aromatic heterocycles. The molecule has 0 saturated heterocycles. The smallest absolute Gasteiger partial charge is 0.0446 e. The zero-order valence-corrected chi connectivity index (χ0v) is 36.3. The molecule has 0 atom stereocenters. The second-order valence-corrected chi connectivity index (χ2v) is 18.0. The van der Waals surface area contributed by atoms with E-state index in [0.29, 0.717) is 0 Å². The number of fused-ring (bicyclic) bond motifs is 7. The average molecular weight is 841 g/mol. The molecule has 0 N–H and O–H groups in total. The van der Waals surface area contributed by atoms with Crippen LogP contribution in [0.3, 0.4) is 0 Å². The predicted octanol–water partition coefficient (Wildman–Crippen LogP) is 18.7. The highest BCUT2D eigenvalue weighted by Gasteiger charge is 2.26. The lowest BCUT2D eigenvalue weighted by molar-refractivity contribution is 1.63. The van der Waals surface area contributed by atoms with Gasteiger partial charge in [0.2, 0.25) is 0 Å². The minimum atomic E-state index is 1.20. The maximum atomic E-state index is 2.37. The largest absolute Gasteiger partial charge is 0.134 e. The molecule has 0 nitrogen and oxygen atoms in total. The van der Waals surface area contributed by atoms with Gasteiger partial charge in [-0.05, 0) is 98.4 Å². The highest BCUT2D eigenvalue weighted by atomic mass is 32.1. The van der Waals surface area contributed by atoms with Gasteiger partial charge in [-0.1, -0.05) is 243 Å². The molecule has 1 heteroatoms. The fourth-order valence-electron chi connectivity index (χ4n) is 10.7. The topological polar surface area (TPSA) is 0 Å². The molecule has 12 aromatic carbocycles. The maximum absolute atomic E-state index is 2.37. The van der Waals surface area contributed by atoms with Gasteiger partial charge in [0.15, 0.2) is 0 Å². The monoisotopic (exact) mass is 840 g/mol. The van der Waals surface area contributed by atoms with Crippen LogP contribution in [-0.4, -0.2) is 0 Å². The lowest BCUT2D eigenvalue weighted by Crippen LogP contribution is -1.92. The van der Waals surface area contributed by atoms with Crippen molar-refractivity contribution >= 4 is 75.3 Å². The minimum absolute atomic E-state index is 1.20. The molecule has 65 heavy (non-hydrogen) atoms. The van der Waals surface area contributed by atoms with E-state index in [1.165, 1.54) is 130 Å². The van der Waals surface area contributed by atoms with E-state index in [4.69, 9.17) is 0 Å². The molecule has 0 saturated carbocycles. The third-order valence-electron chi connectivity index (χ3n) is 13.5. The van der Waals surface area contributed by atoms with Crippen LogP contribution in [0.15, 0.2) is 243 Å². The Morgan fingerprint density at radius 1 is 0.215 bits per heavy atom. The van der Waals surface area contributed by atoms with Crippen molar-refractivity contribution in [2.45, 2.75) is 0 Å². The van der Waals surface area contributed by atoms with Crippen molar-refractivity contribution in [1.82, 2.24) is 0 Å². The van der Waals surface area contributed by atoms with Crippen LogP contribution in [0, 0.1) is 0 Å². The molecule has 1 heterocycles. The van der Waals surface area contributed by atoms with Crippen LogP contribution in [0.1, 0.15) is 0 Å². The van der Waals surface area contributed by atoms with Crippen molar-refractivity contribution in [3.8, 4) is 66.1 Å². The molecule has 0 bridgehead atoms. The van der Waals surface area contributed by atoms with Crippen molar-refractivity contribution in [3.05, 3.63) is 243 Å². The van der Waals surface area contributed by atoms with Crippen LogP contribution in [0.5, 0.6) is 0 Å². The summed E-state index contributed by atoms with van der Waals surface area (Å²) in [5.41, 5.74) is 13.8. The summed E-state index contributed by atoms with van der Waals surface area (Å²) in [5.74, 6) is 0. The molecule has 0 unspecified atom stereocenters. The lowest BCUT2D eigenvalue weighted by atomic mass is 9.83. The van der Waals surface area contributed by atoms with Gasteiger partial charge in [-0.2, -0.15) is 0 Å². The van der Waals surface area contributed by atoms with E-state index >= 15 is 0 Å². The summed E-state index contributed by atoms with van der Waals surface area (Å²) in [4.78, 5) is 1.29. The van der Waals surface area contributed by atoms with E-state index < -0.39 is 0 Å². The highest BCUT2D eigenvalue weighted by Crippen LogP contribution is 2.55. The van der Waals surface area contributed by atoms with Crippen LogP contribution >= 0.6 is 11.3 Å². The van der Waals surface area contributed by atoms with Gasteiger partial charge in [0, 0.05) is 31.7 Å². The molecule has 0 radical (unpaired) electrons. The molecule has 0 aliphatic heterocycles. The second-order valence-electron chi connectivity index (χ2n) is 17.0. The van der Waals surface area contributed by atoms with E-state index in [1.54, 1.807) is 0 Å². The zero-order valence-electron chi connectivity index (χ0n) is 35.5. The molecular weight excluding hydrogens is 801 g/mol. The normalized spacial score (nSPS) is 11.7. The first kappa shape index (κ1) is 37.5. The lowest BCUT2D eigenvalue weighted by Gasteiger charge is -2.20. The third kappa shape index (κ3) is 5.97. The number of benzene rings is 12. The summed E-state index contributed by atoms with van der Waals surface area (Å²) in [6, 6.07) is 89.6. The van der Waals surface area contributed by atoms with Gasteiger partial charge < -0.3 is 0 Å². The molecule has 0 amide bonds. The number of thiophene rings is 1. The molecule has 0 spiro atoms. The zero-order chi connectivity index (χ0) is 42.8. The van der Waals surface area contributed by atoms with Crippen molar-refractivity contribution in [1.29, 1.82) is 0 Å². The Kier molecular flexibility index (Phi) is 8.82. The van der Waals surface area contributed by atoms with Gasteiger partial charge in [-0.3, -0.25) is 0 Å². The van der Waals surface area contributed by atoms with Crippen molar-refractivity contribution in [2.24, 2.45) is 0 Å². The van der Waals surface area contributed by atoms with Crippen LogP contribution in [-0.2, 0) is 0 Å². The van der Waals surface area contributed by atoms with Gasteiger partial charge in [0.25, 0.3) is 0 Å². The Balaban J connectivity index is 1.08. The molecular formula is C64H40S. The molecule has 0 fully saturated rings. The van der Waals surface area contributed by atoms with E-state index in [0.717, 1.165) is 0 Å². The summed E-state index contributed by atoms with van der Waals surface area (Å²) >= 11 is 1.93. The first-order chi connectivity index (χ1) is 32.3. The predicted molar refractivity (Wildman–Crippen MR) is 282 cm³/mol. The fraction of sp³-hybridized carbons (Fsp3) is 0. The van der Waals surface area contributed by atoms with E-state index in [-0.39, 0.29) is 0 Å². The number of rotatable bonds is 6. The van der Waals surface area contributed by atoms with E-state index in [9.17, 15) is 0 Å². The van der Waals surface area contributed by atoms with Gasteiger partial charge in [-0.25, -0.2) is 0 Å². The Hall–Kier alpha value is -8.10. The maximum Gasteiger partial charge on any atom is 0.0446 e. The Morgan fingerprint density at radius 2 is 0.585 bits per heavy atom. The van der Waals surface area contributed by atoms with Gasteiger partial charge >= 0.3 is 0 Å². The first-order valence-corrected chi connectivity index (χ1v) is 23.2. The second kappa shape index (κ2) is 15.3. The van der Waals surface area contributed by atoms with Gasteiger partial charge in [0.1, 0.15) is 0 Å². The van der Waals surface area contributed by atoms with Crippen molar-refractivity contribution in [2.75, 3.05) is 0 Å². The summed E-state index contributed by atoms with van der Waals surface area (Å²) in [7, 11) is 0. The van der Waals surface area contributed by atoms with Gasteiger partial charge in [0.05, 0.1) is 0 Å². The highest BCUT2D eigenvalue weighted by molar-refractivity contribution is 7.24. The third-order valence-corrected chi connectivity index (χ3v) is 14.7. The summed E-state index contributed by atoms with van der Waals surface area (Å²) in [6.07, 6.45) is 0. The standard InChI is InChI=1S/C64H40S/c1-3-21-43(22-4-1)59-58(52-31-13-16-34-55(52)62-60(44-23-5-2-6-24-44)63(65-64(59)62)56-36-18-26-42-20-8-10-28-48(42)56)46-39-37-45(38-40-46)57-50-29-11-14-32-53(50)61(54-33-15-12-30-51(54)57)49-35-17-25-41-19-7-9-27-47(41)49/h1-40H. The molecule has 302 valence electrons. The molecule has 0 aliphatic carbocycles. The summed E-state index contributed by atoms with van der Waals surface area (Å²) in [5, 5.41) is 13.9. The number of hydrogen-bond acceptors (Lipinski definition) is 1. The van der Waals surface area contributed by atoms with E-state index in [1.807, 2.05) is 11.3 Å². The van der Waals surface area contributed by atoms with Gasteiger partial charge in [-0.15, -0.1) is 11.3 Å². The SMILES string of the molecule is c1ccc(-c2c(-c3ccc(-c4c5ccccc5c(-c5cccc6ccccc56)c5ccccc45)cc3)c3ccccc3c3c(-c4ccccc4)c(-c4cccc5ccccc45)sc23)cc1. The van der Waals surface area contributed by atoms with Crippen molar-refractivity contribution in [3.63, 3.8) is 0 Å². The molecule has 13 rings (SSSR count). The fourth-order valence-corrected chi connectivity index (χ4v) is 12.1. The summed E-state index contributed by atoms with van der Waals surface area (Å²) < 4.78 is 1.30. The molecule has 13 aromatic rings. The first-order valence-electron chi connectivity index (χ1n) is 22.4. The van der Waals surface area contributed by atoms with Crippen molar-refractivity contribution < 1.29 is 0 Å². The Labute approximate surface area is 382 Å². The summed E-state index contributed by atoms with van der Waals surface area (Å²) in [6.45, 7) is 0. The van der Waals surface area contributed by atoms with Crippen LogP contribution in [0.25, 0.3) is 130 Å². The van der Waals surface area contributed by atoms with Crippen LogP contribution in [0.2, 0.25) is 0 Å². The van der Waals surface area contributed by atoms with E-state index in [2.05, 4.69) is 243 Å². The number of hydrogen-bond donors (Lipinski definition) is 0.